The first-order valence-electron chi connectivity index (χ1n) is 10.4. The van der Waals surface area contributed by atoms with E-state index in [0.717, 1.165) is 31.6 Å². The minimum absolute atomic E-state index is 0.00164. The van der Waals surface area contributed by atoms with Gasteiger partial charge in [0, 0.05) is 17.9 Å². The minimum atomic E-state index is -0.449. The zero-order valence-corrected chi connectivity index (χ0v) is 17.2. The molecule has 1 aromatic rings. The van der Waals surface area contributed by atoms with E-state index in [2.05, 4.69) is 13.8 Å². The summed E-state index contributed by atoms with van der Waals surface area (Å²) in [4.78, 5) is 24.5. The Hall–Kier alpha value is -2.04. The molecule has 0 aromatic heterocycles. The number of fused-ring (bicyclic) bond motifs is 2. The zero-order valence-electron chi connectivity index (χ0n) is 17.2. The van der Waals surface area contributed by atoms with E-state index in [4.69, 9.17) is 4.74 Å². The van der Waals surface area contributed by atoms with Crippen molar-refractivity contribution in [1.82, 2.24) is 0 Å². The number of hydrogen-bond donors (Lipinski definition) is 2. The summed E-state index contributed by atoms with van der Waals surface area (Å²) in [6.45, 7) is 8.37. The van der Waals surface area contributed by atoms with Gasteiger partial charge in [-0.1, -0.05) is 27.7 Å². The molecule has 2 bridgehead atoms. The summed E-state index contributed by atoms with van der Waals surface area (Å²) in [5, 5.41) is 21.5. The molecule has 1 aromatic carbocycles. The SMILES string of the molecule is CC(C)CC(=O)c1c(O)c(C=O)c2c(c1O)CC[C@@]1(CC[C@H]3C[C@@H]1C3(C)C)O2. The molecule has 0 saturated heterocycles. The monoisotopic (exact) mass is 386 g/mol. The molecule has 2 N–H and O–H groups in total. The van der Waals surface area contributed by atoms with Crippen molar-refractivity contribution in [3.8, 4) is 17.2 Å². The van der Waals surface area contributed by atoms with E-state index in [-0.39, 0.29) is 51.8 Å². The van der Waals surface area contributed by atoms with Crippen molar-refractivity contribution in [2.24, 2.45) is 23.2 Å². The van der Waals surface area contributed by atoms with Crippen molar-refractivity contribution in [3.63, 3.8) is 0 Å². The molecule has 3 aliphatic carbocycles. The number of ketones is 1. The van der Waals surface area contributed by atoms with Gasteiger partial charge >= 0.3 is 0 Å². The molecule has 1 heterocycles. The molecule has 3 fully saturated rings. The van der Waals surface area contributed by atoms with Gasteiger partial charge in [-0.2, -0.15) is 0 Å². The van der Waals surface area contributed by atoms with Crippen molar-refractivity contribution in [3.05, 3.63) is 16.7 Å². The Morgan fingerprint density at radius 1 is 1.25 bits per heavy atom. The smallest absolute Gasteiger partial charge is 0.170 e. The van der Waals surface area contributed by atoms with Gasteiger partial charge in [-0.15, -0.1) is 0 Å². The average Bonchev–Trinajstić information content (AvgIpc) is 2.61. The summed E-state index contributed by atoms with van der Waals surface area (Å²) in [7, 11) is 0. The van der Waals surface area contributed by atoms with Crippen LogP contribution in [0.2, 0.25) is 0 Å². The first-order valence-corrected chi connectivity index (χ1v) is 10.4. The highest BCUT2D eigenvalue weighted by atomic mass is 16.5. The third-order valence-corrected chi connectivity index (χ3v) is 7.65. The fraction of sp³-hybridized carbons (Fsp3) is 0.652. The summed E-state index contributed by atoms with van der Waals surface area (Å²) in [6.07, 6.45) is 5.20. The van der Waals surface area contributed by atoms with Crippen LogP contribution < -0.4 is 4.74 Å². The van der Waals surface area contributed by atoms with Crippen molar-refractivity contribution >= 4 is 12.1 Å². The Morgan fingerprint density at radius 2 is 1.96 bits per heavy atom. The lowest BCUT2D eigenvalue weighted by atomic mass is 9.43. The molecular weight excluding hydrogens is 356 g/mol. The maximum atomic E-state index is 12.6. The Balaban J connectivity index is 1.79. The van der Waals surface area contributed by atoms with Crippen LogP contribution in [0.3, 0.4) is 0 Å². The standard InChI is InChI=1S/C23H30O5/c1-12(2)9-16(25)18-19(26)14-6-8-23(28-21(14)15(11-24)20(18)27)7-5-13-10-17(23)22(13,3)4/h11-13,17,26-27H,5-10H2,1-4H3/t13-,17+,23+/m0/s1. The van der Waals surface area contributed by atoms with Crippen LogP contribution in [0, 0.1) is 23.2 Å². The number of phenolic OH excluding ortho intramolecular Hbond substituents is 2. The van der Waals surface area contributed by atoms with Gasteiger partial charge in [0.1, 0.15) is 28.4 Å². The Bertz CT molecular complexity index is 851. The van der Waals surface area contributed by atoms with Crippen molar-refractivity contribution in [2.45, 2.75) is 71.8 Å². The first kappa shape index (κ1) is 19.3. The van der Waals surface area contributed by atoms with Crippen LogP contribution in [0.25, 0.3) is 0 Å². The number of rotatable bonds is 4. The quantitative estimate of drug-likeness (QED) is 0.581. The molecule has 0 unspecified atom stereocenters. The third kappa shape index (κ3) is 2.51. The van der Waals surface area contributed by atoms with Crippen molar-refractivity contribution in [1.29, 1.82) is 0 Å². The molecule has 5 rings (SSSR count). The number of hydrogen-bond acceptors (Lipinski definition) is 5. The highest BCUT2D eigenvalue weighted by Crippen LogP contribution is 2.66. The number of aldehydes is 1. The average molecular weight is 386 g/mol. The first-order chi connectivity index (χ1) is 13.1. The summed E-state index contributed by atoms with van der Waals surface area (Å²) >= 11 is 0. The minimum Gasteiger partial charge on any atom is -0.507 e. The van der Waals surface area contributed by atoms with Gasteiger partial charge in [0.2, 0.25) is 0 Å². The second-order valence-electron chi connectivity index (χ2n) is 9.94. The topological polar surface area (TPSA) is 83.8 Å². The predicted molar refractivity (Wildman–Crippen MR) is 105 cm³/mol. The van der Waals surface area contributed by atoms with Gasteiger partial charge in [-0.3, -0.25) is 9.59 Å². The highest BCUT2D eigenvalue weighted by molar-refractivity contribution is 6.05. The number of phenols is 2. The molecule has 4 aliphatic rings. The Morgan fingerprint density at radius 3 is 2.54 bits per heavy atom. The van der Waals surface area contributed by atoms with Crippen LogP contribution in [0.5, 0.6) is 17.2 Å². The number of ether oxygens (including phenoxy) is 1. The molecule has 5 nitrogen and oxygen atoms in total. The van der Waals surface area contributed by atoms with Crippen molar-refractivity contribution < 1.29 is 24.5 Å². The normalized spacial score (nSPS) is 29.8. The zero-order chi connectivity index (χ0) is 20.4. The number of aromatic hydroxyl groups is 2. The highest BCUT2D eigenvalue weighted by Gasteiger charge is 2.63. The molecule has 3 atom stereocenters. The van der Waals surface area contributed by atoms with E-state index in [1.54, 1.807) is 0 Å². The predicted octanol–water partition coefficient (Wildman–Crippen LogP) is 4.66. The molecule has 152 valence electrons. The lowest BCUT2D eigenvalue weighted by molar-refractivity contribution is -0.195. The second kappa shape index (κ2) is 6.23. The molecule has 28 heavy (non-hydrogen) atoms. The maximum absolute atomic E-state index is 12.6. The van der Waals surface area contributed by atoms with Crippen LogP contribution in [0.15, 0.2) is 0 Å². The van der Waals surface area contributed by atoms with E-state index in [1.165, 1.54) is 0 Å². The molecular formula is C23H30O5. The molecule has 5 heteroatoms. The lowest BCUT2D eigenvalue weighted by Crippen LogP contribution is -2.64. The van der Waals surface area contributed by atoms with E-state index >= 15 is 0 Å². The number of carbonyl (C=O) groups excluding carboxylic acids is 2. The summed E-state index contributed by atoms with van der Waals surface area (Å²) in [5.74, 6) is 0.456. The van der Waals surface area contributed by atoms with E-state index in [9.17, 15) is 19.8 Å². The second-order valence-corrected chi connectivity index (χ2v) is 9.94. The van der Waals surface area contributed by atoms with Crippen LogP contribution in [0.1, 0.15) is 86.1 Å². The van der Waals surface area contributed by atoms with Crippen LogP contribution in [-0.2, 0) is 6.42 Å². The molecule has 1 aliphatic heterocycles. The van der Waals surface area contributed by atoms with Crippen LogP contribution in [0.4, 0.5) is 0 Å². The third-order valence-electron chi connectivity index (χ3n) is 7.65. The molecule has 0 amide bonds. The van der Waals surface area contributed by atoms with E-state index in [1.807, 2.05) is 13.8 Å². The summed E-state index contributed by atoms with van der Waals surface area (Å²) in [5.41, 5.74) is 0.191. The van der Waals surface area contributed by atoms with Gasteiger partial charge in [0.25, 0.3) is 0 Å². The van der Waals surface area contributed by atoms with Gasteiger partial charge < -0.3 is 14.9 Å². The fourth-order valence-electron chi connectivity index (χ4n) is 5.97. The number of carbonyl (C=O) groups is 2. The van der Waals surface area contributed by atoms with E-state index in [0.29, 0.717) is 24.2 Å². The van der Waals surface area contributed by atoms with Crippen molar-refractivity contribution in [2.75, 3.05) is 0 Å². The summed E-state index contributed by atoms with van der Waals surface area (Å²) in [6, 6.07) is 0. The summed E-state index contributed by atoms with van der Waals surface area (Å²) < 4.78 is 6.48. The van der Waals surface area contributed by atoms with Gasteiger partial charge in [0.05, 0.1) is 5.56 Å². The maximum Gasteiger partial charge on any atom is 0.170 e. The molecule has 0 radical (unpaired) electrons. The lowest BCUT2D eigenvalue weighted by Gasteiger charge is -2.65. The van der Waals surface area contributed by atoms with Crippen LogP contribution in [-0.4, -0.2) is 27.9 Å². The fourth-order valence-corrected chi connectivity index (χ4v) is 5.97. The van der Waals surface area contributed by atoms with Gasteiger partial charge in [-0.05, 0) is 49.4 Å². The largest absolute Gasteiger partial charge is 0.507 e. The molecule has 1 spiro atoms. The molecule has 3 saturated carbocycles. The number of Topliss-reactive ketones (excluding diaryl/α,β-unsaturated/α-hetero) is 1. The number of benzene rings is 1. The van der Waals surface area contributed by atoms with Gasteiger partial charge in [-0.25, -0.2) is 0 Å². The Labute approximate surface area is 166 Å². The van der Waals surface area contributed by atoms with E-state index < -0.39 is 5.75 Å². The Kier molecular flexibility index (Phi) is 4.29. The van der Waals surface area contributed by atoms with Gasteiger partial charge in [0.15, 0.2) is 12.1 Å². The van der Waals surface area contributed by atoms with Crippen LogP contribution >= 0.6 is 0 Å².